The summed E-state index contributed by atoms with van der Waals surface area (Å²) in [6, 6.07) is 6.02. The lowest BCUT2D eigenvalue weighted by molar-refractivity contribution is 0.322. The van der Waals surface area contributed by atoms with Crippen LogP contribution in [0.4, 0.5) is 4.39 Å². The predicted molar refractivity (Wildman–Crippen MR) is 59.7 cm³/mol. The molecule has 2 aromatic rings. The second kappa shape index (κ2) is 5.14. The Hall–Kier alpha value is -1.33. The molecule has 0 amide bonds. The number of hydrogen-bond donors (Lipinski definition) is 1. The van der Waals surface area contributed by atoms with E-state index in [4.69, 9.17) is 9.52 Å². The summed E-state index contributed by atoms with van der Waals surface area (Å²) in [4.78, 5) is 4.04. The number of aliphatic hydroxyl groups excluding tert-OH is 1. The summed E-state index contributed by atoms with van der Waals surface area (Å²) in [6.45, 7) is 0.0823. The Morgan fingerprint density at radius 2 is 2.06 bits per heavy atom. The Morgan fingerprint density at radius 3 is 2.75 bits per heavy atom. The smallest absolute Gasteiger partial charge is 0.256 e. The van der Waals surface area contributed by atoms with E-state index in [1.165, 1.54) is 23.9 Å². The van der Waals surface area contributed by atoms with Crippen molar-refractivity contribution >= 4 is 11.8 Å². The third-order valence-corrected chi connectivity index (χ3v) is 2.75. The zero-order valence-electron chi connectivity index (χ0n) is 8.39. The van der Waals surface area contributed by atoms with Crippen molar-refractivity contribution in [3.8, 4) is 11.3 Å². The highest BCUT2D eigenvalue weighted by molar-refractivity contribution is 7.99. The van der Waals surface area contributed by atoms with Crippen LogP contribution in [0.1, 0.15) is 0 Å². The van der Waals surface area contributed by atoms with E-state index in [1.807, 2.05) is 0 Å². The van der Waals surface area contributed by atoms with Gasteiger partial charge in [0.2, 0.25) is 0 Å². The number of aliphatic hydroxyl groups is 1. The van der Waals surface area contributed by atoms with Gasteiger partial charge >= 0.3 is 0 Å². The van der Waals surface area contributed by atoms with E-state index in [0.717, 1.165) is 5.56 Å². The Kier molecular flexibility index (Phi) is 3.58. The van der Waals surface area contributed by atoms with Crippen LogP contribution in [0, 0.1) is 5.82 Å². The highest BCUT2D eigenvalue weighted by atomic mass is 32.2. The largest absolute Gasteiger partial charge is 0.431 e. The first-order valence-corrected chi connectivity index (χ1v) is 5.73. The van der Waals surface area contributed by atoms with Gasteiger partial charge in [0.05, 0.1) is 12.8 Å². The van der Waals surface area contributed by atoms with Crippen LogP contribution in [0.2, 0.25) is 0 Å². The summed E-state index contributed by atoms with van der Waals surface area (Å²) < 4.78 is 18.1. The van der Waals surface area contributed by atoms with Gasteiger partial charge in [-0.05, 0) is 24.3 Å². The molecule has 0 saturated carbocycles. The number of halogens is 1. The molecule has 0 aliphatic heterocycles. The van der Waals surface area contributed by atoms with Crippen molar-refractivity contribution in [1.82, 2.24) is 4.98 Å². The maximum absolute atomic E-state index is 12.7. The van der Waals surface area contributed by atoms with Crippen molar-refractivity contribution in [3.63, 3.8) is 0 Å². The van der Waals surface area contributed by atoms with E-state index in [0.29, 0.717) is 16.7 Å². The number of aromatic nitrogens is 1. The Balaban J connectivity index is 2.15. The van der Waals surface area contributed by atoms with Gasteiger partial charge in [0.1, 0.15) is 5.82 Å². The SMILES string of the molecule is OCCSc1ncc(-c2ccc(F)cc2)o1. The summed E-state index contributed by atoms with van der Waals surface area (Å²) >= 11 is 1.34. The third-order valence-electron chi connectivity index (χ3n) is 1.93. The minimum Gasteiger partial charge on any atom is -0.431 e. The summed E-state index contributed by atoms with van der Waals surface area (Å²) in [7, 11) is 0. The van der Waals surface area contributed by atoms with Crippen LogP contribution in [0.25, 0.3) is 11.3 Å². The van der Waals surface area contributed by atoms with Gasteiger partial charge in [0.15, 0.2) is 5.76 Å². The fourth-order valence-corrected chi connectivity index (χ4v) is 1.75. The lowest BCUT2D eigenvalue weighted by atomic mass is 10.2. The number of hydrogen-bond acceptors (Lipinski definition) is 4. The fraction of sp³-hybridized carbons (Fsp3) is 0.182. The molecule has 0 atom stereocenters. The zero-order valence-corrected chi connectivity index (χ0v) is 9.21. The van der Waals surface area contributed by atoms with Gasteiger partial charge in [-0.15, -0.1) is 0 Å². The van der Waals surface area contributed by atoms with Gasteiger partial charge in [-0.25, -0.2) is 9.37 Å². The van der Waals surface area contributed by atoms with Crippen molar-refractivity contribution in [2.45, 2.75) is 5.22 Å². The lowest BCUT2D eigenvalue weighted by Gasteiger charge is -1.95. The molecule has 2 rings (SSSR count). The van der Waals surface area contributed by atoms with Gasteiger partial charge in [-0.3, -0.25) is 0 Å². The highest BCUT2D eigenvalue weighted by Gasteiger charge is 2.06. The molecule has 1 aromatic carbocycles. The quantitative estimate of drug-likeness (QED) is 0.833. The topological polar surface area (TPSA) is 46.3 Å². The number of oxazole rings is 1. The first kappa shape index (κ1) is 11.2. The van der Waals surface area contributed by atoms with Crippen molar-refractivity contribution in [1.29, 1.82) is 0 Å². The molecule has 0 bridgehead atoms. The van der Waals surface area contributed by atoms with Gasteiger partial charge in [0, 0.05) is 11.3 Å². The number of benzene rings is 1. The van der Waals surface area contributed by atoms with Crippen LogP contribution in [0.5, 0.6) is 0 Å². The summed E-state index contributed by atoms with van der Waals surface area (Å²) in [5, 5.41) is 9.16. The summed E-state index contributed by atoms with van der Waals surface area (Å²) in [5.41, 5.74) is 0.782. The first-order chi connectivity index (χ1) is 7.79. The number of rotatable bonds is 4. The van der Waals surface area contributed by atoms with Crippen LogP contribution in [0.3, 0.4) is 0 Å². The van der Waals surface area contributed by atoms with E-state index in [-0.39, 0.29) is 12.4 Å². The van der Waals surface area contributed by atoms with E-state index < -0.39 is 0 Å². The molecule has 3 nitrogen and oxygen atoms in total. The van der Waals surface area contributed by atoms with Crippen LogP contribution >= 0.6 is 11.8 Å². The van der Waals surface area contributed by atoms with E-state index in [1.54, 1.807) is 18.3 Å². The molecule has 1 aromatic heterocycles. The molecular weight excluding hydrogens is 229 g/mol. The van der Waals surface area contributed by atoms with Crippen LogP contribution < -0.4 is 0 Å². The van der Waals surface area contributed by atoms with Crippen molar-refractivity contribution in [2.75, 3.05) is 12.4 Å². The molecular formula is C11H10FNO2S. The molecule has 0 fully saturated rings. The zero-order chi connectivity index (χ0) is 11.4. The van der Waals surface area contributed by atoms with E-state index in [2.05, 4.69) is 4.98 Å². The third kappa shape index (κ3) is 2.62. The Bertz CT molecular complexity index is 455. The molecule has 1 heterocycles. The van der Waals surface area contributed by atoms with E-state index in [9.17, 15) is 4.39 Å². The second-order valence-corrected chi connectivity index (χ2v) is 4.12. The molecule has 0 spiro atoms. The van der Waals surface area contributed by atoms with Crippen molar-refractivity contribution in [3.05, 3.63) is 36.3 Å². The van der Waals surface area contributed by atoms with Crippen LogP contribution in [0.15, 0.2) is 40.1 Å². The molecule has 84 valence electrons. The fourth-order valence-electron chi connectivity index (χ4n) is 1.21. The number of nitrogens with zero attached hydrogens (tertiary/aromatic N) is 1. The molecule has 16 heavy (non-hydrogen) atoms. The maximum atomic E-state index is 12.7. The average molecular weight is 239 g/mol. The summed E-state index contributed by atoms with van der Waals surface area (Å²) in [5.74, 6) is 0.863. The van der Waals surface area contributed by atoms with Gasteiger partial charge in [-0.2, -0.15) is 0 Å². The van der Waals surface area contributed by atoms with Crippen LogP contribution in [-0.2, 0) is 0 Å². The molecule has 1 N–H and O–H groups in total. The highest BCUT2D eigenvalue weighted by Crippen LogP contribution is 2.25. The molecule has 0 saturated heterocycles. The minimum absolute atomic E-state index is 0.0823. The van der Waals surface area contributed by atoms with Gasteiger partial charge < -0.3 is 9.52 Å². The van der Waals surface area contributed by atoms with Crippen LogP contribution in [-0.4, -0.2) is 22.5 Å². The predicted octanol–water partition coefficient (Wildman–Crippen LogP) is 2.57. The standard InChI is InChI=1S/C11H10FNO2S/c12-9-3-1-8(2-4-9)10-7-13-11(15-10)16-6-5-14/h1-4,7,14H,5-6H2. The molecule has 0 radical (unpaired) electrons. The monoisotopic (exact) mass is 239 g/mol. The normalized spacial score (nSPS) is 10.6. The minimum atomic E-state index is -0.279. The molecule has 0 aliphatic rings. The lowest BCUT2D eigenvalue weighted by Crippen LogP contribution is -1.84. The molecule has 0 unspecified atom stereocenters. The number of thioether (sulfide) groups is 1. The summed E-state index contributed by atoms with van der Waals surface area (Å²) in [6.07, 6.45) is 1.59. The Morgan fingerprint density at radius 1 is 1.31 bits per heavy atom. The maximum Gasteiger partial charge on any atom is 0.256 e. The van der Waals surface area contributed by atoms with E-state index >= 15 is 0 Å². The van der Waals surface area contributed by atoms with Gasteiger partial charge in [0.25, 0.3) is 5.22 Å². The molecule has 0 aliphatic carbocycles. The average Bonchev–Trinajstić information content (AvgIpc) is 2.76. The second-order valence-electron chi connectivity index (χ2n) is 3.07. The van der Waals surface area contributed by atoms with Crippen molar-refractivity contribution < 1.29 is 13.9 Å². The Labute approximate surface area is 96.3 Å². The first-order valence-electron chi connectivity index (χ1n) is 4.75. The van der Waals surface area contributed by atoms with Crippen molar-refractivity contribution in [2.24, 2.45) is 0 Å². The van der Waals surface area contributed by atoms with Gasteiger partial charge in [-0.1, -0.05) is 11.8 Å². The molecule has 5 heteroatoms.